The van der Waals surface area contributed by atoms with E-state index in [0.29, 0.717) is 18.4 Å². The van der Waals surface area contributed by atoms with Gasteiger partial charge in [-0.25, -0.2) is 0 Å². The smallest absolute Gasteiger partial charge is 0.225 e. The lowest BCUT2D eigenvalue weighted by atomic mass is 9.96. The zero-order valence-electron chi connectivity index (χ0n) is 10.9. The van der Waals surface area contributed by atoms with Crippen molar-refractivity contribution in [2.24, 2.45) is 17.6 Å². The number of methoxy groups -OCH3 is 1. The van der Waals surface area contributed by atoms with Crippen molar-refractivity contribution in [1.29, 1.82) is 0 Å². The van der Waals surface area contributed by atoms with Crippen molar-refractivity contribution in [3.8, 4) is 0 Å². The topological polar surface area (TPSA) is 55.6 Å². The van der Waals surface area contributed by atoms with Gasteiger partial charge in [0.15, 0.2) is 0 Å². The monoisotopic (exact) mass is 240 g/mol. The minimum atomic E-state index is 0.169. The first kappa shape index (κ1) is 12.8. The number of ether oxygens (including phenoxy) is 1. The number of nitrogens with two attached hydrogens (primary N) is 1. The fourth-order valence-electron chi connectivity index (χ4n) is 2.80. The molecule has 1 saturated heterocycles. The van der Waals surface area contributed by atoms with Crippen LogP contribution in [0.3, 0.4) is 0 Å². The highest BCUT2D eigenvalue weighted by atomic mass is 16.5. The highest BCUT2D eigenvalue weighted by Crippen LogP contribution is 2.38. The van der Waals surface area contributed by atoms with Crippen LogP contribution in [0.2, 0.25) is 0 Å². The summed E-state index contributed by atoms with van der Waals surface area (Å²) in [5.41, 5.74) is 5.79. The third-order valence-electron chi connectivity index (χ3n) is 4.27. The van der Waals surface area contributed by atoms with Gasteiger partial charge in [-0.05, 0) is 31.6 Å². The molecule has 2 N–H and O–H groups in total. The highest BCUT2D eigenvalue weighted by molar-refractivity contribution is 5.79. The Labute approximate surface area is 103 Å². The van der Waals surface area contributed by atoms with Gasteiger partial charge in [0.05, 0.1) is 6.10 Å². The lowest BCUT2D eigenvalue weighted by molar-refractivity contribution is -0.141. The van der Waals surface area contributed by atoms with E-state index in [1.807, 2.05) is 4.90 Å². The molecule has 17 heavy (non-hydrogen) atoms. The van der Waals surface area contributed by atoms with Gasteiger partial charge < -0.3 is 15.4 Å². The zero-order chi connectivity index (χ0) is 12.4. The maximum atomic E-state index is 12.4. The van der Waals surface area contributed by atoms with Gasteiger partial charge in [0.2, 0.25) is 5.91 Å². The van der Waals surface area contributed by atoms with Crippen molar-refractivity contribution < 1.29 is 9.53 Å². The largest absolute Gasteiger partial charge is 0.381 e. The summed E-state index contributed by atoms with van der Waals surface area (Å²) < 4.78 is 5.38. The van der Waals surface area contributed by atoms with E-state index in [-0.39, 0.29) is 18.1 Å². The number of nitrogens with zero attached hydrogens (tertiary/aromatic N) is 1. The van der Waals surface area contributed by atoms with Crippen LogP contribution in [-0.4, -0.2) is 43.2 Å². The van der Waals surface area contributed by atoms with Gasteiger partial charge in [0, 0.05) is 32.2 Å². The van der Waals surface area contributed by atoms with E-state index in [1.165, 1.54) is 12.8 Å². The van der Waals surface area contributed by atoms with E-state index < -0.39 is 0 Å². The number of carbonyl (C=O) groups excluding carboxylic acids is 1. The van der Waals surface area contributed by atoms with E-state index >= 15 is 0 Å². The number of hydrogen-bond donors (Lipinski definition) is 1. The number of amides is 1. The van der Waals surface area contributed by atoms with Crippen molar-refractivity contribution >= 4 is 5.91 Å². The lowest BCUT2D eigenvalue weighted by Gasteiger charge is -2.39. The summed E-state index contributed by atoms with van der Waals surface area (Å²) in [5.74, 6) is 1.11. The molecule has 0 radical (unpaired) electrons. The second kappa shape index (κ2) is 5.36. The van der Waals surface area contributed by atoms with Gasteiger partial charge in [-0.2, -0.15) is 0 Å². The summed E-state index contributed by atoms with van der Waals surface area (Å²) in [5, 5.41) is 0. The van der Waals surface area contributed by atoms with Crippen molar-refractivity contribution in [3.05, 3.63) is 0 Å². The van der Waals surface area contributed by atoms with E-state index in [4.69, 9.17) is 10.5 Å². The van der Waals surface area contributed by atoms with Crippen LogP contribution in [0, 0.1) is 11.8 Å². The molecule has 4 heteroatoms. The Balaban J connectivity index is 1.96. The standard InChI is InChI=1S/C13H24N2O2/c1-9(10-3-4-10)13(16)15-6-5-12(17-2)7-11(15)8-14/h9-12H,3-8,14H2,1-2H3. The Bertz CT molecular complexity index is 279. The molecule has 1 heterocycles. The van der Waals surface area contributed by atoms with Gasteiger partial charge in [-0.15, -0.1) is 0 Å². The molecule has 98 valence electrons. The average Bonchev–Trinajstić information content (AvgIpc) is 3.20. The quantitative estimate of drug-likeness (QED) is 0.797. The summed E-state index contributed by atoms with van der Waals surface area (Å²) in [6, 6.07) is 0.169. The Morgan fingerprint density at radius 3 is 2.71 bits per heavy atom. The first-order valence-electron chi connectivity index (χ1n) is 6.70. The maximum Gasteiger partial charge on any atom is 0.225 e. The lowest BCUT2D eigenvalue weighted by Crippen LogP contribution is -2.52. The Hall–Kier alpha value is -0.610. The van der Waals surface area contributed by atoms with Crippen LogP contribution in [0.25, 0.3) is 0 Å². The third kappa shape index (κ3) is 2.80. The van der Waals surface area contributed by atoms with Crippen LogP contribution < -0.4 is 5.73 Å². The van der Waals surface area contributed by atoms with E-state index in [9.17, 15) is 4.79 Å². The molecule has 0 aromatic rings. The summed E-state index contributed by atoms with van der Waals surface area (Å²) >= 11 is 0. The molecule has 1 aliphatic heterocycles. The van der Waals surface area contributed by atoms with E-state index in [2.05, 4.69) is 6.92 Å². The van der Waals surface area contributed by atoms with Crippen LogP contribution in [0.4, 0.5) is 0 Å². The van der Waals surface area contributed by atoms with Crippen molar-refractivity contribution in [2.45, 2.75) is 44.8 Å². The molecule has 3 unspecified atom stereocenters. The normalized spacial score (nSPS) is 31.4. The molecule has 2 fully saturated rings. The molecule has 1 saturated carbocycles. The summed E-state index contributed by atoms with van der Waals surface area (Å²) in [7, 11) is 1.74. The first-order chi connectivity index (χ1) is 8.17. The van der Waals surface area contributed by atoms with Gasteiger partial charge in [0.25, 0.3) is 0 Å². The predicted octanol–water partition coefficient (Wildman–Crippen LogP) is 0.997. The molecular formula is C13H24N2O2. The molecule has 0 bridgehead atoms. The second-order valence-electron chi connectivity index (χ2n) is 5.43. The van der Waals surface area contributed by atoms with E-state index in [0.717, 1.165) is 19.4 Å². The van der Waals surface area contributed by atoms with Gasteiger partial charge in [0.1, 0.15) is 0 Å². The molecule has 3 atom stereocenters. The molecule has 0 spiro atoms. The number of rotatable bonds is 4. The minimum absolute atomic E-state index is 0.169. The zero-order valence-corrected chi connectivity index (χ0v) is 10.9. The van der Waals surface area contributed by atoms with Crippen LogP contribution in [-0.2, 0) is 9.53 Å². The Kier molecular flexibility index (Phi) is 4.05. The Morgan fingerprint density at radius 1 is 1.47 bits per heavy atom. The van der Waals surface area contributed by atoms with Gasteiger partial charge >= 0.3 is 0 Å². The number of hydrogen-bond acceptors (Lipinski definition) is 3. The molecular weight excluding hydrogens is 216 g/mol. The molecule has 4 nitrogen and oxygen atoms in total. The molecule has 1 aliphatic carbocycles. The summed E-state index contributed by atoms with van der Waals surface area (Å²) in [6.45, 7) is 3.41. The van der Waals surface area contributed by atoms with Crippen LogP contribution >= 0.6 is 0 Å². The van der Waals surface area contributed by atoms with Gasteiger partial charge in [-0.1, -0.05) is 6.92 Å². The van der Waals surface area contributed by atoms with Crippen molar-refractivity contribution in [3.63, 3.8) is 0 Å². The fraction of sp³-hybridized carbons (Fsp3) is 0.923. The second-order valence-corrected chi connectivity index (χ2v) is 5.43. The predicted molar refractivity (Wildman–Crippen MR) is 66.5 cm³/mol. The van der Waals surface area contributed by atoms with Crippen LogP contribution in [0.5, 0.6) is 0 Å². The van der Waals surface area contributed by atoms with Gasteiger partial charge in [-0.3, -0.25) is 4.79 Å². The number of carbonyl (C=O) groups is 1. The van der Waals surface area contributed by atoms with E-state index in [1.54, 1.807) is 7.11 Å². The highest BCUT2D eigenvalue weighted by Gasteiger charge is 2.38. The molecule has 1 amide bonds. The third-order valence-corrected chi connectivity index (χ3v) is 4.27. The number of likely N-dealkylation sites (tertiary alicyclic amines) is 1. The molecule has 0 aromatic carbocycles. The molecule has 0 aromatic heterocycles. The number of piperidine rings is 1. The molecule has 2 aliphatic rings. The first-order valence-corrected chi connectivity index (χ1v) is 6.70. The van der Waals surface area contributed by atoms with Crippen LogP contribution in [0.1, 0.15) is 32.6 Å². The summed E-state index contributed by atoms with van der Waals surface area (Å²) in [6.07, 6.45) is 4.53. The molecule has 2 rings (SSSR count). The SMILES string of the molecule is COC1CCN(C(=O)C(C)C2CC2)C(CN)C1. The minimum Gasteiger partial charge on any atom is -0.381 e. The van der Waals surface area contributed by atoms with Crippen molar-refractivity contribution in [1.82, 2.24) is 4.90 Å². The average molecular weight is 240 g/mol. The van der Waals surface area contributed by atoms with Crippen LogP contribution in [0.15, 0.2) is 0 Å². The fourth-order valence-corrected chi connectivity index (χ4v) is 2.80. The van der Waals surface area contributed by atoms with Crippen molar-refractivity contribution in [2.75, 3.05) is 20.2 Å². The maximum absolute atomic E-state index is 12.4. The Morgan fingerprint density at radius 2 is 2.18 bits per heavy atom. The summed E-state index contributed by atoms with van der Waals surface area (Å²) in [4.78, 5) is 14.4.